The molecular weight excluding hydrogens is 458 g/mol. The standard InChI is InChI=1S/C23H26N4P2S2/c1-24-14-16-26(22(24)30)28(20-10-5-3-6-11-20)18-9-19-29(21-12-7-4-8-13-21)27-17-15-25(2)23(27)31/h3-8,10-17H,9,18-19H2,1-2H3. The Morgan fingerprint density at radius 1 is 0.613 bits per heavy atom. The van der Waals surface area contributed by atoms with E-state index < -0.39 is 16.1 Å². The van der Waals surface area contributed by atoms with Crippen LogP contribution in [0.4, 0.5) is 0 Å². The third-order valence-electron chi connectivity index (χ3n) is 5.23. The minimum absolute atomic E-state index is 0.560. The molecule has 2 atom stereocenters. The molecule has 0 bridgehead atoms. The summed E-state index contributed by atoms with van der Waals surface area (Å²) in [6.07, 6.45) is 11.7. The van der Waals surface area contributed by atoms with E-state index in [-0.39, 0.29) is 0 Å². The van der Waals surface area contributed by atoms with Gasteiger partial charge in [-0.05, 0) is 53.8 Å². The molecule has 0 aliphatic heterocycles. The molecule has 0 aliphatic carbocycles. The van der Waals surface area contributed by atoms with Crippen molar-refractivity contribution >= 4 is 51.2 Å². The van der Waals surface area contributed by atoms with Crippen molar-refractivity contribution in [2.45, 2.75) is 6.42 Å². The fourth-order valence-electron chi connectivity index (χ4n) is 3.56. The lowest BCUT2D eigenvalue weighted by molar-refractivity contribution is 0.880. The molecule has 0 fully saturated rings. The third-order valence-corrected chi connectivity index (χ3v) is 11.4. The summed E-state index contributed by atoms with van der Waals surface area (Å²) in [5.41, 5.74) is 0. The molecular formula is C23H26N4P2S2. The van der Waals surface area contributed by atoms with Crippen molar-refractivity contribution in [1.82, 2.24) is 17.8 Å². The average molecular weight is 485 g/mol. The van der Waals surface area contributed by atoms with Crippen molar-refractivity contribution in [2.75, 3.05) is 12.3 Å². The van der Waals surface area contributed by atoms with Crippen LogP contribution < -0.4 is 10.6 Å². The molecule has 0 radical (unpaired) electrons. The molecule has 2 aromatic carbocycles. The highest BCUT2D eigenvalue weighted by Gasteiger charge is 2.19. The fraction of sp³-hybridized carbons (Fsp3) is 0.217. The summed E-state index contributed by atoms with van der Waals surface area (Å²) in [4.78, 5) is 0. The zero-order chi connectivity index (χ0) is 21.8. The Kier molecular flexibility index (Phi) is 7.35. The van der Waals surface area contributed by atoms with E-state index >= 15 is 0 Å². The highest BCUT2D eigenvalue weighted by Crippen LogP contribution is 2.42. The summed E-state index contributed by atoms with van der Waals surface area (Å²) in [6.45, 7) is 0. The van der Waals surface area contributed by atoms with Crippen LogP contribution >= 0.6 is 40.6 Å². The second-order valence-corrected chi connectivity index (χ2v) is 12.5. The molecule has 4 aromatic rings. The van der Waals surface area contributed by atoms with Crippen molar-refractivity contribution in [3.63, 3.8) is 0 Å². The predicted octanol–water partition coefficient (Wildman–Crippen LogP) is 5.66. The topological polar surface area (TPSA) is 19.7 Å². The molecule has 0 saturated heterocycles. The van der Waals surface area contributed by atoms with Gasteiger partial charge in [0.2, 0.25) is 0 Å². The number of aromatic nitrogens is 4. The number of benzene rings is 2. The Morgan fingerprint density at radius 2 is 1.00 bits per heavy atom. The first-order valence-electron chi connectivity index (χ1n) is 10.2. The van der Waals surface area contributed by atoms with Gasteiger partial charge in [-0.25, -0.2) is 0 Å². The lowest BCUT2D eigenvalue weighted by Crippen LogP contribution is -2.13. The van der Waals surface area contributed by atoms with Crippen LogP contribution in [0.1, 0.15) is 6.42 Å². The van der Waals surface area contributed by atoms with E-state index in [9.17, 15) is 0 Å². The number of hydrogen-bond acceptors (Lipinski definition) is 2. The van der Waals surface area contributed by atoms with Crippen molar-refractivity contribution < 1.29 is 0 Å². The summed E-state index contributed by atoms with van der Waals surface area (Å²) < 4.78 is 10.4. The van der Waals surface area contributed by atoms with Crippen LogP contribution in [0.3, 0.4) is 0 Å². The van der Waals surface area contributed by atoms with Gasteiger partial charge in [-0.1, -0.05) is 60.7 Å². The minimum Gasteiger partial charge on any atom is -0.327 e. The Morgan fingerprint density at radius 3 is 1.32 bits per heavy atom. The zero-order valence-electron chi connectivity index (χ0n) is 17.7. The van der Waals surface area contributed by atoms with Crippen LogP contribution in [-0.2, 0) is 14.1 Å². The smallest absolute Gasteiger partial charge is 0.183 e. The van der Waals surface area contributed by atoms with Crippen molar-refractivity contribution in [3.05, 3.63) is 95.0 Å². The number of imidazole rings is 2. The Hall–Kier alpha value is -1.84. The normalized spacial score (nSPS) is 13.2. The molecule has 4 rings (SSSR count). The highest BCUT2D eigenvalue weighted by molar-refractivity contribution is 7.72. The summed E-state index contributed by atoms with van der Waals surface area (Å²) in [5, 5.41) is 2.72. The molecule has 0 saturated carbocycles. The SMILES string of the molecule is Cn1ccn(P(CCCP(c2ccccc2)n2ccn(C)c2=S)c2ccccc2)c1=S. The van der Waals surface area contributed by atoms with E-state index in [2.05, 4.69) is 94.1 Å². The van der Waals surface area contributed by atoms with Gasteiger partial charge in [0.15, 0.2) is 9.54 Å². The lowest BCUT2D eigenvalue weighted by atomic mass is 10.4. The summed E-state index contributed by atoms with van der Waals surface area (Å²) in [7, 11) is 2.91. The van der Waals surface area contributed by atoms with E-state index in [1.54, 1.807) is 0 Å². The van der Waals surface area contributed by atoms with Gasteiger partial charge < -0.3 is 9.13 Å². The fourth-order valence-corrected chi connectivity index (χ4v) is 9.18. The first-order chi connectivity index (χ1) is 15.1. The first-order valence-corrected chi connectivity index (χ1v) is 14.0. The van der Waals surface area contributed by atoms with E-state index in [1.165, 1.54) is 10.6 Å². The van der Waals surface area contributed by atoms with Gasteiger partial charge in [-0.15, -0.1) is 0 Å². The Balaban J connectivity index is 1.60. The number of hydrogen-bond donors (Lipinski definition) is 0. The number of rotatable bonds is 8. The second kappa shape index (κ2) is 10.2. The van der Waals surface area contributed by atoms with Gasteiger partial charge in [-0.2, -0.15) is 0 Å². The van der Waals surface area contributed by atoms with Gasteiger partial charge in [0.25, 0.3) is 0 Å². The van der Waals surface area contributed by atoms with Crippen LogP contribution in [0, 0.1) is 9.54 Å². The van der Waals surface area contributed by atoms with Gasteiger partial charge in [0, 0.05) is 55.0 Å². The molecule has 31 heavy (non-hydrogen) atoms. The number of nitrogens with zero attached hydrogens (tertiary/aromatic N) is 4. The maximum Gasteiger partial charge on any atom is 0.183 e. The lowest BCUT2D eigenvalue weighted by Gasteiger charge is -2.23. The van der Waals surface area contributed by atoms with Gasteiger partial charge in [-0.3, -0.25) is 8.68 Å². The maximum atomic E-state index is 5.70. The first kappa shape index (κ1) is 22.4. The van der Waals surface area contributed by atoms with Gasteiger partial charge >= 0.3 is 0 Å². The molecule has 2 aromatic heterocycles. The van der Waals surface area contributed by atoms with Crippen molar-refractivity contribution in [1.29, 1.82) is 0 Å². The van der Waals surface area contributed by atoms with Crippen LogP contribution in [0.15, 0.2) is 85.5 Å². The molecule has 0 spiro atoms. The molecule has 0 amide bonds. The molecule has 8 heteroatoms. The van der Waals surface area contributed by atoms with Crippen molar-refractivity contribution in [2.24, 2.45) is 14.1 Å². The van der Waals surface area contributed by atoms with Crippen LogP contribution in [0.5, 0.6) is 0 Å². The second-order valence-electron chi connectivity index (χ2n) is 7.34. The van der Waals surface area contributed by atoms with Crippen LogP contribution in [-0.4, -0.2) is 30.1 Å². The molecule has 2 unspecified atom stereocenters. The predicted molar refractivity (Wildman–Crippen MR) is 140 cm³/mol. The van der Waals surface area contributed by atoms with E-state index in [1.807, 2.05) is 23.2 Å². The zero-order valence-corrected chi connectivity index (χ0v) is 21.1. The quantitative estimate of drug-likeness (QED) is 0.238. The molecule has 0 aliphatic rings. The van der Waals surface area contributed by atoms with E-state index in [4.69, 9.17) is 24.4 Å². The average Bonchev–Trinajstić information content (AvgIpc) is 3.31. The minimum atomic E-state index is -0.560. The maximum absolute atomic E-state index is 5.70. The van der Waals surface area contributed by atoms with E-state index in [0.29, 0.717) is 0 Å². The van der Waals surface area contributed by atoms with Gasteiger partial charge in [0.1, 0.15) is 0 Å². The van der Waals surface area contributed by atoms with Crippen LogP contribution in [0.25, 0.3) is 0 Å². The monoisotopic (exact) mass is 484 g/mol. The van der Waals surface area contributed by atoms with E-state index in [0.717, 1.165) is 28.3 Å². The molecule has 2 heterocycles. The molecule has 0 N–H and O–H groups in total. The molecule has 4 nitrogen and oxygen atoms in total. The van der Waals surface area contributed by atoms with Crippen molar-refractivity contribution in [3.8, 4) is 0 Å². The summed E-state index contributed by atoms with van der Waals surface area (Å²) in [6, 6.07) is 21.6. The molecule has 160 valence electrons. The Labute approximate surface area is 196 Å². The highest BCUT2D eigenvalue weighted by atomic mass is 32.1. The van der Waals surface area contributed by atoms with Crippen LogP contribution in [0.2, 0.25) is 0 Å². The third kappa shape index (κ3) is 4.99. The summed E-state index contributed by atoms with van der Waals surface area (Å²) >= 11 is 11.4. The number of aryl methyl sites for hydroxylation is 2. The Bertz CT molecular complexity index is 1140. The largest absolute Gasteiger partial charge is 0.327 e. The summed E-state index contributed by atoms with van der Waals surface area (Å²) in [5.74, 6) is 0. The van der Waals surface area contributed by atoms with Gasteiger partial charge in [0.05, 0.1) is 0 Å².